The molecule has 0 spiro atoms. The molecule has 3 nitrogen and oxygen atoms in total. The van der Waals surface area contributed by atoms with E-state index >= 15 is 0 Å². The molecule has 100 valence electrons. The molecular weight excluding hydrogens is 234 g/mol. The van der Waals surface area contributed by atoms with Crippen molar-refractivity contribution in [2.45, 2.75) is 56.8 Å². The Kier molecular flexibility index (Phi) is 3.54. The average Bonchev–Trinajstić information content (AvgIpc) is 2.40. The number of nitrogens with two attached hydrogens (primary N) is 1. The van der Waals surface area contributed by atoms with Crippen LogP contribution in [0.25, 0.3) is 0 Å². The fourth-order valence-electron chi connectivity index (χ4n) is 3.73. The van der Waals surface area contributed by atoms with Crippen molar-refractivity contribution in [3.8, 4) is 6.07 Å². The van der Waals surface area contributed by atoms with Crippen molar-refractivity contribution in [2.24, 2.45) is 5.73 Å². The highest BCUT2D eigenvalue weighted by Crippen LogP contribution is 2.34. The largest absolute Gasteiger partial charge is 0.328 e. The fraction of sp³-hybridized carbons (Fsp3) is 0.562. The van der Waals surface area contributed by atoms with Crippen LogP contribution >= 0.6 is 0 Å². The highest BCUT2D eigenvalue weighted by molar-refractivity contribution is 5.32. The molecule has 1 aromatic rings. The first kappa shape index (κ1) is 12.7. The lowest BCUT2D eigenvalue weighted by molar-refractivity contribution is 0.0245. The van der Waals surface area contributed by atoms with Crippen LogP contribution in [0.4, 0.5) is 0 Å². The monoisotopic (exact) mass is 255 g/mol. The van der Waals surface area contributed by atoms with E-state index in [9.17, 15) is 0 Å². The maximum atomic E-state index is 8.98. The van der Waals surface area contributed by atoms with E-state index < -0.39 is 0 Å². The molecule has 0 aromatic heterocycles. The Balaban J connectivity index is 1.77. The van der Waals surface area contributed by atoms with Crippen LogP contribution in [-0.2, 0) is 6.54 Å². The van der Waals surface area contributed by atoms with Gasteiger partial charge in [-0.15, -0.1) is 0 Å². The highest BCUT2D eigenvalue weighted by Gasteiger charge is 2.36. The van der Waals surface area contributed by atoms with Gasteiger partial charge in [-0.05, 0) is 43.4 Å². The Morgan fingerprint density at radius 2 is 2.00 bits per heavy atom. The first-order chi connectivity index (χ1) is 9.26. The van der Waals surface area contributed by atoms with Gasteiger partial charge in [0.25, 0.3) is 0 Å². The molecule has 2 fully saturated rings. The Hall–Kier alpha value is -1.37. The predicted molar refractivity (Wildman–Crippen MR) is 75.3 cm³/mol. The van der Waals surface area contributed by atoms with Crippen LogP contribution in [0, 0.1) is 11.3 Å². The summed E-state index contributed by atoms with van der Waals surface area (Å²) in [6, 6.07) is 11.9. The summed E-state index contributed by atoms with van der Waals surface area (Å²) in [6.45, 7) is 0.970. The second-order valence-electron chi connectivity index (χ2n) is 5.95. The zero-order valence-electron chi connectivity index (χ0n) is 11.3. The molecule has 19 heavy (non-hydrogen) atoms. The van der Waals surface area contributed by atoms with E-state index in [4.69, 9.17) is 11.0 Å². The smallest absolute Gasteiger partial charge is 0.0991 e. The van der Waals surface area contributed by atoms with Gasteiger partial charge in [0.1, 0.15) is 0 Å². The first-order valence-corrected chi connectivity index (χ1v) is 7.26. The van der Waals surface area contributed by atoms with Crippen molar-refractivity contribution in [3.05, 3.63) is 35.4 Å². The van der Waals surface area contributed by atoms with Gasteiger partial charge >= 0.3 is 0 Å². The van der Waals surface area contributed by atoms with Crippen LogP contribution in [0.1, 0.15) is 43.2 Å². The molecule has 1 aromatic carbocycles. The molecule has 2 saturated heterocycles. The highest BCUT2D eigenvalue weighted by atomic mass is 15.2. The minimum Gasteiger partial charge on any atom is -0.328 e. The normalized spacial score (nSPS) is 30.8. The van der Waals surface area contributed by atoms with Crippen LogP contribution < -0.4 is 5.73 Å². The maximum absolute atomic E-state index is 8.98. The van der Waals surface area contributed by atoms with E-state index in [0.29, 0.717) is 18.1 Å². The van der Waals surface area contributed by atoms with Crippen molar-refractivity contribution in [2.75, 3.05) is 0 Å². The molecule has 2 heterocycles. The average molecular weight is 255 g/mol. The van der Waals surface area contributed by atoms with Gasteiger partial charge in [0.15, 0.2) is 0 Å². The van der Waals surface area contributed by atoms with Gasteiger partial charge in [0.05, 0.1) is 11.6 Å². The molecule has 2 unspecified atom stereocenters. The van der Waals surface area contributed by atoms with E-state index in [0.717, 1.165) is 24.9 Å². The van der Waals surface area contributed by atoms with Crippen LogP contribution in [-0.4, -0.2) is 23.0 Å². The number of hydrogen-bond donors (Lipinski definition) is 1. The molecule has 2 atom stereocenters. The second-order valence-corrected chi connectivity index (χ2v) is 5.95. The second kappa shape index (κ2) is 5.32. The lowest BCUT2D eigenvalue weighted by Crippen LogP contribution is -2.54. The molecular formula is C16H21N3. The lowest BCUT2D eigenvalue weighted by Gasteiger charge is -2.48. The number of hydrogen-bond acceptors (Lipinski definition) is 3. The molecule has 0 saturated carbocycles. The number of piperidine rings is 2. The lowest BCUT2D eigenvalue weighted by atomic mass is 9.82. The summed E-state index contributed by atoms with van der Waals surface area (Å²) in [5, 5.41) is 8.98. The van der Waals surface area contributed by atoms with Crippen molar-refractivity contribution in [3.63, 3.8) is 0 Å². The van der Waals surface area contributed by atoms with Gasteiger partial charge in [-0.2, -0.15) is 5.26 Å². The summed E-state index contributed by atoms with van der Waals surface area (Å²) >= 11 is 0. The maximum Gasteiger partial charge on any atom is 0.0991 e. The zero-order valence-corrected chi connectivity index (χ0v) is 11.3. The van der Waals surface area contributed by atoms with Gasteiger partial charge in [-0.1, -0.05) is 18.6 Å². The Morgan fingerprint density at radius 1 is 1.26 bits per heavy atom. The van der Waals surface area contributed by atoms with Gasteiger partial charge in [0, 0.05) is 24.7 Å². The third-order valence-electron chi connectivity index (χ3n) is 4.58. The standard InChI is InChI=1S/C16H21N3/c17-10-12-3-1-4-13(7-12)11-19-15-5-2-6-16(19)9-14(18)8-15/h1,3-4,7,14-16H,2,5-6,8-9,11,18H2. The van der Waals surface area contributed by atoms with Crippen molar-refractivity contribution in [1.29, 1.82) is 5.26 Å². The summed E-state index contributed by atoms with van der Waals surface area (Å²) in [4.78, 5) is 2.63. The minimum atomic E-state index is 0.386. The van der Waals surface area contributed by atoms with Crippen molar-refractivity contribution in [1.82, 2.24) is 4.90 Å². The van der Waals surface area contributed by atoms with Gasteiger partial charge in [-0.3, -0.25) is 4.90 Å². The third-order valence-corrected chi connectivity index (χ3v) is 4.58. The van der Waals surface area contributed by atoms with Crippen molar-refractivity contribution >= 4 is 0 Å². The zero-order chi connectivity index (χ0) is 13.2. The Labute approximate surface area is 115 Å². The van der Waals surface area contributed by atoms with Gasteiger partial charge < -0.3 is 5.73 Å². The predicted octanol–water partition coefficient (Wildman–Crippen LogP) is 2.40. The summed E-state index contributed by atoms with van der Waals surface area (Å²) in [5.74, 6) is 0. The van der Waals surface area contributed by atoms with Crippen LogP contribution in [0.5, 0.6) is 0 Å². The third kappa shape index (κ3) is 2.65. The number of fused-ring (bicyclic) bond motifs is 2. The van der Waals surface area contributed by atoms with E-state index in [1.165, 1.54) is 24.8 Å². The fourth-order valence-corrected chi connectivity index (χ4v) is 3.73. The Morgan fingerprint density at radius 3 is 2.68 bits per heavy atom. The number of rotatable bonds is 2. The molecule has 3 rings (SSSR count). The molecule has 0 aliphatic carbocycles. The van der Waals surface area contributed by atoms with E-state index in [2.05, 4.69) is 17.0 Å². The molecule has 0 amide bonds. The molecule has 2 aliphatic rings. The molecule has 2 aliphatic heterocycles. The van der Waals surface area contributed by atoms with Gasteiger partial charge in [-0.25, -0.2) is 0 Å². The quantitative estimate of drug-likeness (QED) is 0.883. The van der Waals surface area contributed by atoms with E-state index in [-0.39, 0.29) is 0 Å². The molecule has 3 heteroatoms. The first-order valence-electron chi connectivity index (χ1n) is 7.26. The van der Waals surface area contributed by atoms with E-state index in [1.54, 1.807) is 0 Å². The number of nitrogens with zero attached hydrogens (tertiary/aromatic N) is 2. The van der Waals surface area contributed by atoms with E-state index in [1.807, 2.05) is 18.2 Å². The molecule has 2 bridgehead atoms. The topological polar surface area (TPSA) is 53.0 Å². The van der Waals surface area contributed by atoms with Gasteiger partial charge in [0.2, 0.25) is 0 Å². The van der Waals surface area contributed by atoms with Crippen LogP contribution in [0.3, 0.4) is 0 Å². The van der Waals surface area contributed by atoms with Crippen molar-refractivity contribution < 1.29 is 0 Å². The summed E-state index contributed by atoms with van der Waals surface area (Å²) < 4.78 is 0. The number of benzene rings is 1. The summed E-state index contributed by atoms with van der Waals surface area (Å²) in [5.41, 5.74) is 8.17. The summed E-state index contributed by atoms with van der Waals surface area (Å²) in [7, 11) is 0. The number of nitriles is 1. The molecule has 2 N–H and O–H groups in total. The van der Waals surface area contributed by atoms with Crippen LogP contribution in [0.15, 0.2) is 24.3 Å². The van der Waals surface area contributed by atoms with Crippen LogP contribution in [0.2, 0.25) is 0 Å². The summed E-state index contributed by atoms with van der Waals surface area (Å²) in [6.07, 6.45) is 6.17. The Bertz CT molecular complexity index is 477. The SMILES string of the molecule is N#Cc1cccc(CN2C3CCCC2CC(N)C3)c1. The molecule has 0 radical (unpaired) electrons. The minimum absolute atomic E-state index is 0.386.